The second kappa shape index (κ2) is 16.6. The number of nitriles is 1. The van der Waals surface area contributed by atoms with Crippen molar-refractivity contribution in [2.24, 2.45) is 11.3 Å². The van der Waals surface area contributed by atoms with Crippen LogP contribution in [-0.4, -0.2) is 118 Å². The Bertz CT molecular complexity index is 2190. The first-order valence-corrected chi connectivity index (χ1v) is 21.5. The molecular weight excluding hydrogens is 788 g/mol. The lowest BCUT2D eigenvalue weighted by molar-refractivity contribution is -0.139. The van der Waals surface area contributed by atoms with Crippen molar-refractivity contribution in [3.63, 3.8) is 0 Å². The highest BCUT2D eigenvalue weighted by Gasteiger charge is 2.47. The Labute approximate surface area is 353 Å². The molecule has 7 heterocycles. The summed E-state index contributed by atoms with van der Waals surface area (Å²) in [6.07, 6.45) is 8.13. The molecule has 9 rings (SSSR count). The second-order valence-corrected chi connectivity index (χ2v) is 17.8. The highest BCUT2D eigenvalue weighted by atomic mass is 35.5. The maximum atomic E-state index is 13.4. The number of aliphatic hydroxyl groups excluding tert-OH is 1. The van der Waals surface area contributed by atoms with E-state index in [1.54, 1.807) is 18.2 Å². The molecule has 16 nitrogen and oxygen atoms in total. The van der Waals surface area contributed by atoms with E-state index in [2.05, 4.69) is 40.5 Å². The molecule has 5 fully saturated rings. The molecular formula is C43H49ClN10O6. The van der Waals surface area contributed by atoms with E-state index in [0.717, 1.165) is 109 Å². The van der Waals surface area contributed by atoms with E-state index < -0.39 is 18.2 Å². The van der Waals surface area contributed by atoms with Gasteiger partial charge in [-0.1, -0.05) is 17.7 Å². The Morgan fingerprint density at radius 2 is 1.73 bits per heavy atom. The predicted molar refractivity (Wildman–Crippen MR) is 219 cm³/mol. The number of likely N-dealkylation sites (tertiary alicyclic amines) is 1. The number of hydrogen-bond acceptors (Lipinski definition) is 13. The van der Waals surface area contributed by atoms with Crippen LogP contribution in [0.25, 0.3) is 0 Å². The number of piperidine rings is 3. The first-order chi connectivity index (χ1) is 29.0. The normalized spacial score (nSPS) is 25.7. The number of benzene rings is 1. The Kier molecular flexibility index (Phi) is 11.1. The number of imide groups is 1. The molecule has 2 atom stereocenters. The molecule has 17 heteroatoms. The number of carbonyl (C=O) groups is 4. The average molecular weight is 837 g/mol. The third kappa shape index (κ3) is 8.10. The van der Waals surface area contributed by atoms with Crippen LogP contribution in [0.3, 0.4) is 0 Å². The number of aliphatic hydroxyl groups is 1. The van der Waals surface area contributed by atoms with Gasteiger partial charge in [-0.2, -0.15) is 5.26 Å². The van der Waals surface area contributed by atoms with E-state index in [9.17, 15) is 24.3 Å². The third-order valence-electron chi connectivity index (χ3n) is 13.5. The Morgan fingerprint density at radius 3 is 2.42 bits per heavy atom. The van der Waals surface area contributed by atoms with E-state index in [0.29, 0.717) is 28.5 Å². The lowest BCUT2D eigenvalue weighted by atomic mass is 9.71. The summed E-state index contributed by atoms with van der Waals surface area (Å²) < 4.78 is 6.02. The summed E-state index contributed by atoms with van der Waals surface area (Å²) in [4.78, 5) is 63.0. The van der Waals surface area contributed by atoms with Crippen molar-refractivity contribution in [3.05, 3.63) is 70.1 Å². The molecule has 1 aliphatic carbocycles. The molecule has 1 aromatic carbocycles. The fourth-order valence-electron chi connectivity index (χ4n) is 9.95. The summed E-state index contributed by atoms with van der Waals surface area (Å²) in [5.74, 6) is 0.446. The van der Waals surface area contributed by atoms with Crippen LogP contribution in [0.4, 0.5) is 11.5 Å². The second-order valence-electron chi connectivity index (χ2n) is 17.4. The van der Waals surface area contributed by atoms with Gasteiger partial charge in [-0.05, 0) is 101 Å². The minimum Gasteiger partial charge on any atom is -0.489 e. The highest BCUT2D eigenvalue weighted by Crippen LogP contribution is 2.45. The molecule has 3 aromatic rings. The van der Waals surface area contributed by atoms with Gasteiger partial charge in [-0.3, -0.25) is 29.4 Å². The van der Waals surface area contributed by atoms with Crippen molar-refractivity contribution in [1.82, 2.24) is 35.6 Å². The Morgan fingerprint density at radius 1 is 0.967 bits per heavy atom. The summed E-state index contributed by atoms with van der Waals surface area (Å²) in [5, 5.41) is 34.4. The van der Waals surface area contributed by atoms with Crippen molar-refractivity contribution in [2.45, 2.75) is 88.6 Å². The standard InChI is InChI=1S/C43H49ClN10O6/c44-33-20-30(22-46-35(33)21-45)60-29-4-1-27(2-5-29)47-39(56)34-7-9-37(50-49-34)52-15-11-26(12-16-52)23-51-17-13-43(14-18-51)24-53(25-43)28-3-6-31-32(19-28)42(59)54(41(31)58)36-8-10-38(55)48-40(36)57/h3,6-7,9,19-20,22,26-27,29,36,41,58H,1-2,4-5,8,10-18,23-25H2,(H,47,56)(H,48,55,57). The van der Waals surface area contributed by atoms with E-state index in [1.807, 2.05) is 24.3 Å². The molecule has 60 heavy (non-hydrogen) atoms. The minimum atomic E-state index is -1.21. The quantitative estimate of drug-likeness (QED) is 0.265. The van der Waals surface area contributed by atoms with E-state index in [1.165, 1.54) is 11.1 Å². The number of nitrogens with one attached hydrogen (secondary N) is 2. The van der Waals surface area contributed by atoms with Gasteiger partial charge in [-0.25, -0.2) is 4.98 Å². The number of fused-ring (bicyclic) bond motifs is 1. The zero-order chi connectivity index (χ0) is 41.5. The van der Waals surface area contributed by atoms with Crippen LogP contribution in [-0.2, 0) is 9.59 Å². The summed E-state index contributed by atoms with van der Waals surface area (Å²) >= 11 is 6.09. The lowest BCUT2D eigenvalue weighted by Crippen LogP contribution is -2.60. The Hall–Kier alpha value is -5.37. The van der Waals surface area contributed by atoms with Crippen LogP contribution in [0.15, 0.2) is 42.6 Å². The van der Waals surface area contributed by atoms with Gasteiger partial charge in [0.2, 0.25) is 11.8 Å². The van der Waals surface area contributed by atoms with E-state index >= 15 is 0 Å². The van der Waals surface area contributed by atoms with Gasteiger partial charge in [0.05, 0.1) is 17.3 Å². The number of hydrogen-bond donors (Lipinski definition) is 3. The fourth-order valence-corrected chi connectivity index (χ4v) is 10.2. The first-order valence-electron chi connectivity index (χ1n) is 21.1. The molecule has 2 unspecified atom stereocenters. The largest absolute Gasteiger partial charge is 0.489 e. The summed E-state index contributed by atoms with van der Waals surface area (Å²) in [6, 6.07) is 12.0. The predicted octanol–water partition coefficient (Wildman–Crippen LogP) is 3.59. The van der Waals surface area contributed by atoms with Gasteiger partial charge in [0.25, 0.3) is 11.8 Å². The van der Waals surface area contributed by atoms with Crippen LogP contribution in [0, 0.1) is 22.7 Å². The maximum Gasteiger partial charge on any atom is 0.272 e. The van der Waals surface area contributed by atoms with Gasteiger partial charge in [0, 0.05) is 73.5 Å². The molecule has 2 aromatic heterocycles. The van der Waals surface area contributed by atoms with Crippen molar-refractivity contribution in [1.29, 1.82) is 5.26 Å². The molecule has 1 saturated carbocycles. The maximum absolute atomic E-state index is 13.4. The number of rotatable bonds is 9. The summed E-state index contributed by atoms with van der Waals surface area (Å²) in [6.45, 7) is 6.89. The minimum absolute atomic E-state index is 0.0136. The highest BCUT2D eigenvalue weighted by molar-refractivity contribution is 6.31. The number of amides is 4. The number of anilines is 2. The zero-order valence-corrected chi connectivity index (χ0v) is 34.1. The molecule has 314 valence electrons. The van der Waals surface area contributed by atoms with Gasteiger partial charge < -0.3 is 29.9 Å². The van der Waals surface area contributed by atoms with Gasteiger partial charge in [-0.15, -0.1) is 10.2 Å². The van der Waals surface area contributed by atoms with Crippen LogP contribution >= 0.6 is 11.6 Å². The van der Waals surface area contributed by atoms with Crippen molar-refractivity contribution < 1.29 is 29.0 Å². The number of ether oxygens (including phenoxy) is 1. The molecule has 4 saturated heterocycles. The molecule has 0 radical (unpaired) electrons. The summed E-state index contributed by atoms with van der Waals surface area (Å²) in [7, 11) is 0. The van der Waals surface area contributed by atoms with Crippen molar-refractivity contribution >= 4 is 46.7 Å². The SMILES string of the molecule is N#Cc1ncc(OC2CCC(NC(=O)c3ccc(N4CCC(CN5CCC6(CC5)CN(c5ccc7c(c5)C(=O)N(C5CCC(=O)NC5=O)C7O)C6)CC4)nn3)CC2)cc1Cl. The number of aromatic nitrogens is 3. The number of carbonyl (C=O) groups excluding carboxylic acids is 4. The average Bonchev–Trinajstić information content (AvgIpc) is 3.49. The third-order valence-corrected chi connectivity index (χ3v) is 13.8. The Balaban J connectivity index is 0.682. The van der Waals surface area contributed by atoms with E-state index in [4.69, 9.17) is 21.6 Å². The van der Waals surface area contributed by atoms with Crippen molar-refractivity contribution in [3.8, 4) is 11.8 Å². The van der Waals surface area contributed by atoms with Gasteiger partial charge in [0.15, 0.2) is 23.4 Å². The van der Waals surface area contributed by atoms with Gasteiger partial charge >= 0.3 is 0 Å². The number of nitrogens with zero attached hydrogens (tertiary/aromatic N) is 8. The first kappa shape index (κ1) is 40.1. The smallest absolute Gasteiger partial charge is 0.272 e. The molecule has 6 aliphatic rings. The monoisotopic (exact) mass is 836 g/mol. The van der Waals surface area contributed by atoms with Gasteiger partial charge in [0.1, 0.15) is 17.9 Å². The molecule has 5 aliphatic heterocycles. The zero-order valence-electron chi connectivity index (χ0n) is 33.4. The topological polar surface area (TPSA) is 197 Å². The van der Waals surface area contributed by atoms with Crippen LogP contribution in [0.5, 0.6) is 5.75 Å². The van der Waals surface area contributed by atoms with Crippen molar-refractivity contribution in [2.75, 3.05) is 55.6 Å². The van der Waals surface area contributed by atoms with E-state index in [-0.39, 0.29) is 58.8 Å². The summed E-state index contributed by atoms with van der Waals surface area (Å²) in [5.41, 5.74) is 2.61. The van der Waals surface area contributed by atoms with Crippen LogP contribution < -0.4 is 25.2 Å². The number of pyridine rings is 1. The number of halogens is 1. The molecule has 3 N–H and O–H groups in total. The lowest BCUT2D eigenvalue weighted by Gasteiger charge is -2.55. The molecule has 4 amide bonds. The molecule has 0 bridgehead atoms. The van der Waals surface area contributed by atoms with Crippen LogP contribution in [0.1, 0.15) is 103 Å². The molecule has 1 spiro atoms. The fraction of sp³-hybridized carbons (Fsp3) is 0.535. The van der Waals surface area contributed by atoms with Crippen LogP contribution in [0.2, 0.25) is 5.02 Å².